The molecule has 220 valence electrons. The number of halogens is 1. The number of benzene rings is 2. The zero-order valence-electron chi connectivity index (χ0n) is 25.3. The van der Waals surface area contributed by atoms with Crippen molar-refractivity contribution in [2.45, 2.75) is 78.9 Å². The Hall–Kier alpha value is -3.26. The van der Waals surface area contributed by atoms with Gasteiger partial charge in [0.2, 0.25) is 0 Å². The van der Waals surface area contributed by atoms with E-state index >= 15 is 0 Å². The largest absolute Gasteiger partial charge is 0.340 e. The second-order valence-corrected chi connectivity index (χ2v) is 13.1. The van der Waals surface area contributed by atoms with Gasteiger partial charge in [-0.15, -0.1) is 0 Å². The van der Waals surface area contributed by atoms with Gasteiger partial charge in [-0.25, -0.2) is 14.4 Å². The van der Waals surface area contributed by atoms with Crippen molar-refractivity contribution in [1.82, 2.24) is 19.8 Å². The lowest BCUT2D eigenvalue weighted by atomic mass is 9.64. The molecule has 1 aliphatic carbocycles. The molecule has 5 rings (SSSR count). The summed E-state index contributed by atoms with van der Waals surface area (Å²) in [7, 11) is 0. The SMILES string of the molecule is C[C@H](Cc1ccc(F)cc1)n1cnc2cc(NC(=NC3C[C@@H](C)C(C)(C)C[C@@H]3C)N3CCN[C@@H](C)C3)ccc2c1=O. The highest BCUT2D eigenvalue weighted by atomic mass is 19.1. The van der Waals surface area contributed by atoms with Gasteiger partial charge in [0.25, 0.3) is 5.56 Å². The lowest BCUT2D eigenvalue weighted by Crippen LogP contribution is -2.53. The molecule has 2 fully saturated rings. The first-order valence-electron chi connectivity index (χ1n) is 15.1. The van der Waals surface area contributed by atoms with Crippen LogP contribution in [0.2, 0.25) is 0 Å². The summed E-state index contributed by atoms with van der Waals surface area (Å²) in [6, 6.07) is 12.7. The number of nitrogens with zero attached hydrogens (tertiary/aromatic N) is 4. The van der Waals surface area contributed by atoms with Gasteiger partial charge in [-0.2, -0.15) is 0 Å². The first-order valence-corrected chi connectivity index (χ1v) is 15.1. The van der Waals surface area contributed by atoms with Crippen LogP contribution in [0.1, 0.15) is 66.0 Å². The van der Waals surface area contributed by atoms with Crippen LogP contribution in [0.4, 0.5) is 10.1 Å². The van der Waals surface area contributed by atoms with Crippen LogP contribution in [0, 0.1) is 23.1 Å². The van der Waals surface area contributed by atoms with Crippen LogP contribution in [-0.4, -0.2) is 52.1 Å². The Labute approximate surface area is 243 Å². The molecule has 0 bridgehead atoms. The van der Waals surface area contributed by atoms with Crippen molar-refractivity contribution >= 4 is 22.5 Å². The highest BCUT2D eigenvalue weighted by molar-refractivity contribution is 5.96. The van der Waals surface area contributed by atoms with Gasteiger partial charge < -0.3 is 15.5 Å². The van der Waals surface area contributed by atoms with Crippen molar-refractivity contribution in [3.8, 4) is 0 Å². The quantitative estimate of drug-likeness (QED) is 0.302. The maximum absolute atomic E-state index is 13.4. The fourth-order valence-electron chi connectivity index (χ4n) is 6.45. The third-order valence-corrected chi connectivity index (χ3v) is 9.35. The summed E-state index contributed by atoms with van der Waals surface area (Å²) < 4.78 is 15.0. The summed E-state index contributed by atoms with van der Waals surface area (Å²) in [5.74, 6) is 1.75. The third-order valence-electron chi connectivity index (χ3n) is 9.35. The molecular formula is C33H45FN6O. The van der Waals surface area contributed by atoms with Crippen LogP contribution < -0.4 is 16.2 Å². The lowest BCUT2D eigenvalue weighted by Gasteiger charge is -2.43. The third kappa shape index (κ3) is 6.64. The number of aromatic nitrogens is 2. The number of anilines is 1. The minimum absolute atomic E-state index is 0.0754. The van der Waals surface area contributed by atoms with E-state index in [4.69, 9.17) is 4.99 Å². The van der Waals surface area contributed by atoms with Gasteiger partial charge >= 0.3 is 0 Å². The van der Waals surface area contributed by atoms with Gasteiger partial charge in [-0.05, 0) is 86.3 Å². The van der Waals surface area contributed by atoms with Crippen LogP contribution in [0.25, 0.3) is 10.9 Å². The first kappa shape index (κ1) is 29.2. The highest BCUT2D eigenvalue weighted by Crippen LogP contribution is 2.44. The summed E-state index contributed by atoms with van der Waals surface area (Å²) in [6.45, 7) is 16.3. The lowest BCUT2D eigenvalue weighted by molar-refractivity contribution is 0.0979. The van der Waals surface area contributed by atoms with Crippen LogP contribution in [-0.2, 0) is 6.42 Å². The molecule has 2 aliphatic rings. The fourth-order valence-corrected chi connectivity index (χ4v) is 6.45. The van der Waals surface area contributed by atoms with E-state index in [1.165, 1.54) is 18.6 Å². The molecule has 1 aliphatic heterocycles. The van der Waals surface area contributed by atoms with Gasteiger partial charge in [0.1, 0.15) is 5.82 Å². The molecule has 2 N–H and O–H groups in total. The number of guanidine groups is 1. The summed E-state index contributed by atoms with van der Waals surface area (Å²) >= 11 is 0. The molecular weight excluding hydrogens is 515 g/mol. The van der Waals surface area contributed by atoms with Crippen molar-refractivity contribution in [2.75, 3.05) is 25.0 Å². The van der Waals surface area contributed by atoms with Crippen molar-refractivity contribution in [3.05, 3.63) is 70.5 Å². The summed E-state index contributed by atoms with van der Waals surface area (Å²) in [4.78, 5) is 25.8. The van der Waals surface area contributed by atoms with Gasteiger partial charge in [-0.3, -0.25) is 9.36 Å². The zero-order valence-corrected chi connectivity index (χ0v) is 25.3. The number of hydrogen-bond acceptors (Lipinski definition) is 4. The molecule has 1 saturated carbocycles. The van der Waals surface area contributed by atoms with Gasteiger partial charge in [0.05, 0.1) is 23.3 Å². The molecule has 0 radical (unpaired) electrons. The Kier molecular flexibility index (Phi) is 8.50. The predicted octanol–water partition coefficient (Wildman–Crippen LogP) is 5.86. The fraction of sp³-hybridized carbons (Fsp3) is 0.545. The van der Waals surface area contributed by atoms with E-state index in [0.717, 1.165) is 43.3 Å². The molecule has 2 aromatic carbocycles. The number of nitrogens with one attached hydrogen (secondary N) is 2. The van der Waals surface area contributed by atoms with Crippen molar-refractivity contribution in [3.63, 3.8) is 0 Å². The molecule has 5 atom stereocenters. The maximum atomic E-state index is 13.4. The molecule has 1 saturated heterocycles. The monoisotopic (exact) mass is 560 g/mol. The Morgan fingerprint density at radius 2 is 1.95 bits per heavy atom. The number of piperazine rings is 1. The predicted molar refractivity (Wildman–Crippen MR) is 166 cm³/mol. The van der Waals surface area contributed by atoms with E-state index in [1.807, 2.05) is 25.1 Å². The van der Waals surface area contributed by atoms with E-state index in [9.17, 15) is 9.18 Å². The highest BCUT2D eigenvalue weighted by Gasteiger charge is 2.38. The van der Waals surface area contributed by atoms with Crippen LogP contribution >= 0.6 is 0 Å². The van der Waals surface area contributed by atoms with E-state index in [0.29, 0.717) is 40.6 Å². The van der Waals surface area contributed by atoms with Crippen molar-refractivity contribution < 1.29 is 4.39 Å². The average molecular weight is 561 g/mol. The molecule has 8 heteroatoms. The summed E-state index contributed by atoms with van der Waals surface area (Å²) in [5.41, 5.74) is 2.76. The number of rotatable bonds is 5. The molecule has 2 heterocycles. The number of fused-ring (bicyclic) bond motifs is 1. The summed E-state index contributed by atoms with van der Waals surface area (Å²) in [6.07, 6.45) is 4.49. The molecule has 7 nitrogen and oxygen atoms in total. The minimum Gasteiger partial charge on any atom is -0.340 e. The molecule has 0 amide bonds. The standard InChI is InChI=1S/C33H45FN6O/c1-21-18-33(5,6)22(2)15-29(21)38-32(39-14-13-35-23(3)19-39)37-27-11-12-28-30(17-27)36-20-40(31(28)41)24(4)16-25-7-9-26(34)10-8-25/h7-12,17,20-24,29,35H,13-16,18-19H2,1-6H3,(H,37,38)/t21-,22+,23-,24+,29?/m0/s1. The van der Waals surface area contributed by atoms with Gasteiger partial charge in [0.15, 0.2) is 5.96 Å². The zero-order chi connectivity index (χ0) is 29.3. The normalized spacial score (nSPS) is 25.7. The minimum atomic E-state index is -0.262. The number of aliphatic imine (C=N–C) groups is 1. The molecule has 0 spiro atoms. The second-order valence-electron chi connectivity index (χ2n) is 13.1. The Bertz CT molecular complexity index is 1450. The molecule has 1 aromatic heterocycles. The second kappa shape index (κ2) is 11.9. The van der Waals surface area contributed by atoms with E-state index < -0.39 is 0 Å². The van der Waals surface area contributed by atoms with E-state index in [2.05, 4.69) is 55.1 Å². The smallest absolute Gasteiger partial charge is 0.261 e. The van der Waals surface area contributed by atoms with Gasteiger partial charge in [0, 0.05) is 37.4 Å². The first-order chi connectivity index (χ1) is 19.5. The maximum Gasteiger partial charge on any atom is 0.261 e. The average Bonchev–Trinajstić information content (AvgIpc) is 2.92. The molecule has 41 heavy (non-hydrogen) atoms. The Balaban J connectivity index is 1.40. The number of hydrogen-bond donors (Lipinski definition) is 2. The topological polar surface area (TPSA) is 74.6 Å². The van der Waals surface area contributed by atoms with E-state index in [1.54, 1.807) is 23.0 Å². The van der Waals surface area contributed by atoms with Crippen LogP contribution in [0.3, 0.4) is 0 Å². The van der Waals surface area contributed by atoms with E-state index in [-0.39, 0.29) is 23.5 Å². The van der Waals surface area contributed by atoms with Crippen molar-refractivity contribution in [1.29, 1.82) is 0 Å². The molecule has 3 aromatic rings. The van der Waals surface area contributed by atoms with Gasteiger partial charge in [-0.1, -0.05) is 39.8 Å². The summed E-state index contributed by atoms with van der Waals surface area (Å²) in [5, 5.41) is 7.74. The molecule has 1 unspecified atom stereocenters. The van der Waals surface area contributed by atoms with Crippen LogP contribution in [0.5, 0.6) is 0 Å². The Morgan fingerprint density at radius 1 is 1.20 bits per heavy atom. The van der Waals surface area contributed by atoms with Crippen LogP contribution in [0.15, 0.2) is 58.6 Å². The Morgan fingerprint density at radius 3 is 2.68 bits per heavy atom. The van der Waals surface area contributed by atoms with Crippen molar-refractivity contribution in [2.24, 2.45) is 22.2 Å².